The highest BCUT2D eigenvalue weighted by atomic mass is 35.5. The Morgan fingerprint density at radius 2 is 1.49 bits per heavy atom. The summed E-state index contributed by atoms with van der Waals surface area (Å²) in [5.74, 6) is -0.368. The minimum atomic E-state index is -4.28. The Kier molecular flexibility index (Phi) is 11.5. The zero-order valence-corrected chi connectivity index (χ0v) is 27.5. The number of methoxy groups -OCH3 is 1. The van der Waals surface area contributed by atoms with Crippen LogP contribution in [0.5, 0.6) is 5.75 Å². The zero-order chi connectivity index (χ0) is 32.6. The van der Waals surface area contributed by atoms with Gasteiger partial charge in [0.15, 0.2) is 0 Å². The first-order chi connectivity index (χ1) is 21.5. The molecule has 8 nitrogen and oxygen atoms in total. The summed E-state index contributed by atoms with van der Waals surface area (Å²) in [5, 5.41) is 3.60. The predicted molar refractivity (Wildman–Crippen MR) is 178 cm³/mol. The molecule has 0 unspecified atom stereocenters. The molecular formula is C34H35Cl2N3O5S. The van der Waals surface area contributed by atoms with Crippen LogP contribution < -0.4 is 14.4 Å². The number of nitrogens with zero attached hydrogens (tertiary/aromatic N) is 2. The number of hydrogen-bond acceptors (Lipinski definition) is 5. The Hall–Kier alpha value is -4.05. The fourth-order valence-corrected chi connectivity index (χ4v) is 6.51. The molecular weight excluding hydrogens is 633 g/mol. The van der Waals surface area contributed by atoms with E-state index in [1.807, 2.05) is 50.2 Å². The summed E-state index contributed by atoms with van der Waals surface area (Å²) in [4.78, 5) is 29.6. The highest BCUT2D eigenvalue weighted by molar-refractivity contribution is 7.92. The van der Waals surface area contributed by atoms with Gasteiger partial charge < -0.3 is 15.0 Å². The smallest absolute Gasteiger partial charge is 0.264 e. The predicted octanol–water partition coefficient (Wildman–Crippen LogP) is 6.36. The highest BCUT2D eigenvalue weighted by Crippen LogP contribution is 2.28. The van der Waals surface area contributed by atoms with E-state index in [1.54, 1.807) is 43.5 Å². The van der Waals surface area contributed by atoms with Gasteiger partial charge in [-0.15, -0.1) is 0 Å². The second-order valence-electron chi connectivity index (χ2n) is 10.7. The van der Waals surface area contributed by atoms with Gasteiger partial charge in [0.2, 0.25) is 11.8 Å². The molecule has 4 aromatic carbocycles. The number of sulfonamides is 1. The third-order valence-electron chi connectivity index (χ3n) is 6.97. The first-order valence-corrected chi connectivity index (χ1v) is 16.5. The van der Waals surface area contributed by atoms with Crippen molar-refractivity contribution in [3.63, 3.8) is 0 Å². The molecule has 0 heterocycles. The van der Waals surface area contributed by atoms with E-state index in [2.05, 4.69) is 5.32 Å². The van der Waals surface area contributed by atoms with Crippen molar-refractivity contribution in [2.75, 3.05) is 18.0 Å². The number of hydrogen-bond donors (Lipinski definition) is 1. The Morgan fingerprint density at radius 3 is 2.13 bits per heavy atom. The van der Waals surface area contributed by atoms with E-state index >= 15 is 0 Å². The summed E-state index contributed by atoms with van der Waals surface area (Å²) in [5.41, 5.74) is 1.73. The lowest BCUT2D eigenvalue weighted by Gasteiger charge is -2.34. The van der Waals surface area contributed by atoms with Crippen molar-refractivity contribution in [3.8, 4) is 5.75 Å². The third-order valence-corrected chi connectivity index (χ3v) is 9.24. The van der Waals surface area contributed by atoms with Gasteiger partial charge in [0.1, 0.15) is 18.3 Å². The van der Waals surface area contributed by atoms with E-state index in [-0.39, 0.29) is 35.5 Å². The number of carbonyl (C=O) groups excluding carboxylic acids is 2. The molecule has 0 aliphatic carbocycles. The summed E-state index contributed by atoms with van der Waals surface area (Å²) in [6.07, 6.45) is 0.205. The second-order valence-corrected chi connectivity index (χ2v) is 13.4. The summed E-state index contributed by atoms with van der Waals surface area (Å²) in [6, 6.07) is 27.3. The lowest BCUT2D eigenvalue weighted by Crippen LogP contribution is -2.54. The minimum absolute atomic E-state index is 0.0173. The Balaban J connectivity index is 1.82. The summed E-state index contributed by atoms with van der Waals surface area (Å²) in [7, 11) is -2.73. The van der Waals surface area contributed by atoms with Crippen molar-refractivity contribution in [1.29, 1.82) is 0 Å². The maximum atomic E-state index is 14.5. The minimum Gasteiger partial charge on any atom is -0.497 e. The quantitative estimate of drug-likeness (QED) is 0.179. The maximum absolute atomic E-state index is 14.5. The van der Waals surface area contributed by atoms with Gasteiger partial charge in [0.05, 0.1) is 17.7 Å². The molecule has 0 aromatic heterocycles. The van der Waals surface area contributed by atoms with Crippen LogP contribution in [0.25, 0.3) is 0 Å². The first-order valence-electron chi connectivity index (χ1n) is 14.3. The van der Waals surface area contributed by atoms with Crippen LogP contribution in [-0.2, 0) is 32.6 Å². The largest absolute Gasteiger partial charge is 0.497 e. The number of halogens is 2. The van der Waals surface area contributed by atoms with Crippen molar-refractivity contribution < 1.29 is 22.7 Å². The molecule has 1 atom stereocenters. The molecule has 0 spiro atoms. The molecule has 0 aliphatic rings. The number of nitrogens with one attached hydrogen (secondary N) is 1. The zero-order valence-electron chi connectivity index (χ0n) is 25.2. The van der Waals surface area contributed by atoms with E-state index < -0.39 is 28.5 Å². The van der Waals surface area contributed by atoms with E-state index in [4.69, 9.17) is 27.9 Å². The van der Waals surface area contributed by atoms with Crippen LogP contribution in [0, 0.1) is 0 Å². The molecule has 0 fully saturated rings. The van der Waals surface area contributed by atoms with Crippen molar-refractivity contribution in [2.24, 2.45) is 0 Å². The average molecular weight is 669 g/mol. The standard InChI is InChI=1S/C34H35Cl2N3O5S/c1-24(2)37-34(41)32(20-25-9-5-4-6-10-25)38(22-26-11-7-14-30(19-26)44-3)33(40)23-39(29-13-8-12-28(36)21-29)45(42,43)31-17-15-27(35)16-18-31/h4-19,21,24,32H,20,22-23H2,1-3H3,(H,37,41)/t32-/m0/s1. The lowest BCUT2D eigenvalue weighted by molar-refractivity contribution is -0.140. The number of amides is 2. The van der Waals surface area contributed by atoms with E-state index in [0.717, 1.165) is 9.87 Å². The number of anilines is 1. The van der Waals surface area contributed by atoms with Gasteiger partial charge in [-0.3, -0.25) is 13.9 Å². The molecule has 11 heteroatoms. The molecule has 0 bridgehead atoms. The van der Waals surface area contributed by atoms with Gasteiger partial charge >= 0.3 is 0 Å². The normalized spacial score (nSPS) is 12.0. The number of benzene rings is 4. The Labute approximate surface area is 274 Å². The van der Waals surface area contributed by atoms with Gasteiger partial charge in [0.25, 0.3) is 10.0 Å². The van der Waals surface area contributed by atoms with Gasteiger partial charge in [-0.05, 0) is 79.6 Å². The molecule has 45 heavy (non-hydrogen) atoms. The van der Waals surface area contributed by atoms with Crippen LogP contribution in [0.3, 0.4) is 0 Å². The van der Waals surface area contributed by atoms with E-state index in [1.165, 1.54) is 35.2 Å². The fraction of sp³-hybridized carbons (Fsp3) is 0.235. The van der Waals surface area contributed by atoms with Gasteiger partial charge in [0, 0.05) is 29.1 Å². The van der Waals surface area contributed by atoms with Crippen LogP contribution in [0.1, 0.15) is 25.0 Å². The van der Waals surface area contributed by atoms with E-state index in [9.17, 15) is 18.0 Å². The number of rotatable bonds is 13. The van der Waals surface area contributed by atoms with Crippen molar-refractivity contribution in [1.82, 2.24) is 10.2 Å². The average Bonchev–Trinajstić information content (AvgIpc) is 3.01. The van der Waals surface area contributed by atoms with Crippen LogP contribution in [-0.4, -0.2) is 50.9 Å². The summed E-state index contributed by atoms with van der Waals surface area (Å²) >= 11 is 12.3. The van der Waals surface area contributed by atoms with Gasteiger partial charge in [-0.2, -0.15) is 0 Å². The van der Waals surface area contributed by atoms with Gasteiger partial charge in [-0.25, -0.2) is 8.42 Å². The summed E-state index contributed by atoms with van der Waals surface area (Å²) < 4.78 is 34.5. The Morgan fingerprint density at radius 1 is 0.822 bits per heavy atom. The topological polar surface area (TPSA) is 96.0 Å². The Bertz CT molecular complexity index is 1720. The molecule has 0 saturated heterocycles. The molecule has 1 N–H and O–H groups in total. The molecule has 2 amide bonds. The third kappa shape index (κ3) is 9.00. The second kappa shape index (κ2) is 15.3. The molecule has 0 radical (unpaired) electrons. The van der Waals surface area contributed by atoms with Crippen molar-refractivity contribution in [2.45, 2.75) is 43.8 Å². The molecule has 4 aromatic rings. The number of ether oxygens (including phenoxy) is 1. The van der Waals surface area contributed by atoms with Crippen molar-refractivity contribution >= 4 is 50.7 Å². The molecule has 4 rings (SSSR count). The first kappa shape index (κ1) is 33.8. The highest BCUT2D eigenvalue weighted by Gasteiger charge is 2.35. The van der Waals surface area contributed by atoms with Crippen molar-refractivity contribution in [3.05, 3.63) is 124 Å². The van der Waals surface area contributed by atoms with Crippen LogP contribution in [0.15, 0.2) is 108 Å². The van der Waals surface area contributed by atoms with Crippen LogP contribution >= 0.6 is 23.2 Å². The molecule has 0 saturated carbocycles. The lowest BCUT2D eigenvalue weighted by atomic mass is 10.0. The fourth-order valence-electron chi connectivity index (χ4n) is 4.80. The SMILES string of the molecule is COc1cccc(CN(C(=O)CN(c2cccc(Cl)c2)S(=O)(=O)c2ccc(Cl)cc2)[C@@H](Cc2ccccc2)C(=O)NC(C)C)c1. The van der Waals surface area contributed by atoms with E-state index in [0.29, 0.717) is 21.4 Å². The summed E-state index contributed by atoms with van der Waals surface area (Å²) in [6.45, 7) is 3.09. The van der Waals surface area contributed by atoms with Crippen LogP contribution in [0.2, 0.25) is 10.0 Å². The van der Waals surface area contributed by atoms with Gasteiger partial charge in [-0.1, -0.05) is 71.7 Å². The molecule has 0 aliphatic heterocycles. The molecule has 236 valence electrons. The van der Waals surface area contributed by atoms with Crippen LogP contribution in [0.4, 0.5) is 5.69 Å². The number of carbonyl (C=O) groups is 2. The monoisotopic (exact) mass is 667 g/mol. The maximum Gasteiger partial charge on any atom is 0.264 e.